The third kappa shape index (κ3) is 5.67. The first-order chi connectivity index (χ1) is 31.2. The van der Waals surface area contributed by atoms with E-state index in [0.29, 0.717) is 0 Å². The summed E-state index contributed by atoms with van der Waals surface area (Å²) in [5.74, 6) is 0.861. The summed E-state index contributed by atoms with van der Waals surface area (Å²) in [5.41, 5.74) is 15.7. The minimum absolute atomic E-state index is 0.784. The quantitative estimate of drug-likeness (QED) is 0.167. The van der Waals surface area contributed by atoms with E-state index in [2.05, 4.69) is 178 Å². The minimum atomic E-state index is 0.784. The second kappa shape index (κ2) is 13.9. The van der Waals surface area contributed by atoms with Crippen LogP contribution in [0.5, 0.6) is 0 Å². The van der Waals surface area contributed by atoms with Gasteiger partial charge in [0, 0.05) is 55.5 Å². The van der Waals surface area contributed by atoms with E-state index in [1.165, 1.54) is 0 Å². The van der Waals surface area contributed by atoms with Gasteiger partial charge in [-0.3, -0.25) is 14.5 Å². The van der Waals surface area contributed by atoms with Gasteiger partial charge in [-0.05, 0) is 90.0 Å². The van der Waals surface area contributed by atoms with E-state index in [1.807, 2.05) is 42.9 Å². The zero-order valence-corrected chi connectivity index (χ0v) is 33.7. The van der Waals surface area contributed by atoms with Crippen molar-refractivity contribution in [2.24, 2.45) is 0 Å². The predicted octanol–water partition coefficient (Wildman–Crippen LogP) is 14.0. The number of hydrogen-bond acceptors (Lipinski definition) is 5. The van der Waals surface area contributed by atoms with Crippen molar-refractivity contribution >= 4 is 65.7 Å². The van der Waals surface area contributed by atoms with E-state index in [-0.39, 0.29) is 0 Å². The molecule has 63 heavy (non-hydrogen) atoms. The number of para-hydroxylation sites is 2. The Morgan fingerprint density at radius 3 is 1.70 bits per heavy atom. The zero-order valence-electron chi connectivity index (χ0n) is 33.7. The van der Waals surface area contributed by atoms with E-state index < -0.39 is 0 Å². The van der Waals surface area contributed by atoms with Crippen LogP contribution < -0.4 is 0 Å². The van der Waals surface area contributed by atoms with Crippen LogP contribution in [0.1, 0.15) is 0 Å². The first kappa shape index (κ1) is 35.1. The number of rotatable bonds is 6. The van der Waals surface area contributed by atoms with E-state index in [1.54, 1.807) is 0 Å². The van der Waals surface area contributed by atoms with Gasteiger partial charge in [0.05, 0.1) is 51.5 Å². The van der Waals surface area contributed by atoms with Crippen LogP contribution in [-0.4, -0.2) is 29.1 Å². The van der Waals surface area contributed by atoms with Gasteiger partial charge >= 0.3 is 0 Å². The molecule has 6 heterocycles. The first-order valence-electron chi connectivity index (χ1n) is 21.0. The van der Waals surface area contributed by atoms with Gasteiger partial charge < -0.3 is 8.98 Å². The molecule has 13 rings (SSSR count). The molecule has 0 amide bonds. The van der Waals surface area contributed by atoms with E-state index >= 15 is 0 Å². The van der Waals surface area contributed by atoms with Crippen LogP contribution >= 0.6 is 0 Å². The maximum Gasteiger partial charge on any atom is 0.153 e. The van der Waals surface area contributed by atoms with Crippen LogP contribution in [0.2, 0.25) is 0 Å². The lowest BCUT2D eigenvalue weighted by molar-refractivity contribution is 0.668. The Bertz CT molecular complexity index is 3860. The molecular weight excluding hydrogens is 773 g/mol. The van der Waals surface area contributed by atoms with E-state index in [9.17, 15) is 0 Å². The maximum atomic E-state index is 6.11. The molecule has 0 spiro atoms. The summed E-state index contributed by atoms with van der Waals surface area (Å²) in [6, 6.07) is 65.8. The van der Waals surface area contributed by atoms with Crippen molar-refractivity contribution < 1.29 is 4.42 Å². The summed E-state index contributed by atoms with van der Waals surface area (Å²) in [4.78, 5) is 20.0. The van der Waals surface area contributed by atoms with Gasteiger partial charge in [0.1, 0.15) is 16.9 Å². The summed E-state index contributed by atoms with van der Waals surface area (Å²) >= 11 is 0. The molecule has 0 aliphatic carbocycles. The van der Waals surface area contributed by atoms with Gasteiger partial charge in [-0.25, -0.2) is 9.97 Å². The molecular formula is C56H34N6O. The Labute approximate surface area is 360 Å². The van der Waals surface area contributed by atoms with Gasteiger partial charge in [-0.1, -0.05) is 109 Å². The molecule has 7 nitrogen and oxygen atoms in total. The monoisotopic (exact) mass is 806 g/mol. The number of pyridine rings is 2. The van der Waals surface area contributed by atoms with Crippen molar-refractivity contribution in [2.75, 3.05) is 0 Å². The standard InChI is InChI=1S/C56H34N6O/c1-3-12-35(13-4-1)39-30-46(36-14-5-2-6-15-36)60-55(31-39)62-50-19-10-8-17-42(50)44-29-38(22-25-52(44)62)48-34-57-33-47(59-48)37-21-24-51-43(28-37)41-16-7-9-18-49(41)61(51)40-23-26-53-45(32-40)56-54(63-53)20-11-27-58-56/h1-34H. The second-order valence-corrected chi connectivity index (χ2v) is 15.9. The lowest BCUT2D eigenvalue weighted by Gasteiger charge is -2.13. The maximum absolute atomic E-state index is 6.11. The summed E-state index contributed by atoms with van der Waals surface area (Å²) in [7, 11) is 0. The lowest BCUT2D eigenvalue weighted by atomic mass is 10.0. The smallest absolute Gasteiger partial charge is 0.153 e. The molecule has 13 aromatic rings. The Balaban J connectivity index is 0.920. The van der Waals surface area contributed by atoms with E-state index in [0.717, 1.165) is 122 Å². The highest BCUT2D eigenvalue weighted by molar-refractivity contribution is 6.12. The molecule has 7 aromatic carbocycles. The third-order valence-electron chi connectivity index (χ3n) is 12.3. The molecule has 0 radical (unpaired) electrons. The number of aromatic nitrogens is 6. The van der Waals surface area contributed by atoms with Crippen molar-refractivity contribution in [3.05, 3.63) is 207 Å². The van der Waals surface area contributed by atoms with Gasteiger partial charge in [0.25, 0.3) is 0 Å². The van der Waals surface area contributed by atoms with Gasteiger partial charge in [-0.15, -0.1) is 0 Å². The molecule has 0 atom stereocenters. The van der Waals surface area contributed by atoms with Gasteiger partial charge in [-0.2, -0.15) is 0 Å². The normalized spacial score (nSPS) is 11.8. The molecule has 7 heteroatoms. The molecule has 0 saturated carbocycles. The predicted molar refractivity (Wildman–Crippen MR) is 255 cm³/mol. The molecule has 294 valence electrons. The Morgan fingerprint density at radius 1 is 0.365 bits per heavy atom. The average Bonchev–Trinajstić information content (AvgIpc) is 4.01. The third-order valence-corrected chi connectivity index (χ3v) is 12.3. The van der Waals surface area contributed by atoms with Crippen LogP contribution in [0.3, 0.4) is 0 Å². The molecule has 0 fully saturated rings. The van der Waals surface area contributed by atoms with Crippen LogP contribution in [0.25, 0.3) is 122 Å². The van der Waals surface area contributed by atoms with E-state index in [4.69, 9.17) is 19.4 Å². The molecule has 6 aromatic heterocycles. The van der Waals surface area contributed by atoms with Crippen molar-refractivity contribution in [2.45, 2.75) is 0 Å². The second-order valence-electron chi connectivity index (χ2n) is 15.9. The number of benzene rings is 7. The molecule has 0 bridgehead atoms. The van der Waals surface area contributed by atoms with Gasteiger partial charge in [0.15, 0.2) is 5.58 Å². The molecule has 0 saturated heterocycles. The number of hydrogen-bond donors (Lipinski definition) is 0. The number of nitrogens with zero attached hydrogens (tertiary/aromatic N) is 6. The fourth-order valence-corrected chi connectivity index (χ4v) is 9.34. The Kier molecular flexibility index (Phi) is 7.77. The molecule has 0 aliphatic rings. The lowest BCUT2D eigenvalue weighted by Crippen LogP contribution is -2.00. The summed E-state index contributed by atoms with van der Waals surface area (Å²) in [6.07, 6.45) is 5.53. The number of furan rings is 1. The number of fused-ring (bicyclic) bond motifs is 9. The van der Waals surface area contributed by atoms with Crippen molar-refractivity contribution in [3.63, 3.8) is 0 Å². The van der Waals surface area contributed by atoms with Crippen LogP contribution in [-0.2, 0) is 0 Å². The SMILES string of the molecule is c1ccc(-c2cc(-c3ccccc3)nc(-n3c4ccccc4c4cc(-c5cncc(-c6ccc7c(c6)c6ccccc6n7-c6ccc7oc8cccnc8c7c6)n5)ccc43)c2)cc1. The summed E-state index contributed by atoms with van der Waals surface area (Å²) < 4.78 is 10.7. The summed E-state index contributed by atoms with van der Waals surface area (Å²) in [6.45, 7) is 0. The van der Waals surface area contributed by atoms with Crippen molar-refractivity contribution in [1.29, 1.82) is 0 Å². The first-order valence-corrected chi connectivity index (χ1v) is 21.0. The van der Waals surface area contributed by atoms with Crippen LogP contribution in [0.4, 0.5) is 0 Å². The molecule has 0 N–H and O–H groups in total. The highest BCUT2D eigenvalue weighted by Crippen LogP contribution is 2.39. The highest BCUT2D eigenvalue weighted by atomic mass is 16.3. The van der Waals surface area contributed by atoms with Crippen molar-refractivity contribution in [3.8, 4) is 56.4 Å². The molecule has 0 aliphatic heterocycles. The van der Waals surface area contributed by atoms with Gasteiger partial charge in [0.2, 0.25) is 0 Å². The Hall–Kier alpha value is -8.68. The fourth-order valence-electron chi connectivity index (χ4n) is 9.34. The largest absolute Gasteiger partial charge is 0.454 e. The topological polar surface area (TPSA) is 74.6 Å². The minimum Gasteiger partial charge on any atom is -0.454 e. The van der Waals surface area contributed by atoms with Crippen molar-refractivity contribution in [1.82, 2.24) is 29.1 Å². The van der Waals surface area contributed by atoms with Crippen LogP contribution in [0, 0.1) is 0 Å². The average molecular weight is 807 g/mol. The fraction of sp³-hybridized carbons (Fsp3) is 0. The Morgan fingerprint density at radius 2 is 0.984 bits per heavy atom. The highest BCUT2D eigenvalue weighted by Gasteiger charge is 2.19. The van der Waals surface area contributed by atoms with Crippen LogP contribution in [0.15, 0.2) is 211 Å². The zero-order chi connectivity index (χ0) is 41.4. The summed E-state index contributed by atoms with van der Waals surface area (Å²) in [5, 5.41) is 5.56. The molecule has 0 unspecified atom stereocenters.